The second kappa shape index (κ2) is 53.6. The molecule has 5 fully saturated rings. The van der Waals surface area contributed by atoms with Gasteiger partial charge >= 0.3 is 0 Å². The molecule has 106 heavy (non-hydrogen) atoms. The Labute approximate surface area is 628 Å². The van der Waals surface area contributed by atoms with Gasteiger partial charge in [0.25, 0.3) is 0 Å². The van der Waals surface area contributed by atoms with Crippen LogP contribution in [-0.2, 0) is 57.0 Å². The van der Waals surface area contributed by atoms with Gasteiger partial charge in [0.2, 0.25) is 11.8 Å². The third-order valence-corrected chi connectivity index (χ3v) is 21.2. The maximum absolute atomic E-state index is 13.6. The summed E-state index contributed by atoms with van der Waals surface area (Å²) in [6, 6.07) is -2.77. The number of unbranched alkanes of at least 4 members (excludes halogenated alkanes) is 33. The molecule has 0 radical (unpaired) electrons. The molecule has 2 amide bonds. The molecule has 0 saturated carbocycles. The molecule has 5 heterocycles. The number of hydrogen-bond donors (Lipinski definition) is 18. The number of ether oxygens (including phenoxy) is 10. The Balaban J connectivity index is 1.16. The predicted molar refractivity (Wildman–Crippen MR) is 386 cm³/mol. The molecule has 0 aromatic carbocycles. The molecule has 5 aliphatic heterocycles. The molecule has 0 aromatic rings. The van der Waals surface area contributed by atoms with Gasteiger partial charge in [0.15, 0.2) is 31.5 Å². The van der Waals surface area contributed by atoms with Crippen molar-refractivity contribution >= 4 is 11.8 Å². The van der Waals surface area contributed by atoms with Gasteiger partial charge in [0.1, 0.15) is 122 Å². The Bertz CT molecular complexity index is 2290. The Morgan fingerprint density at radius 3 is 1.11 bits per heavy atom. The Morgan fingerprint density at radius 1 is 0.368 bits per heavy atom. The first-order chi connectivity index (χ1) is 51.2. The summed E-state index contributed by atoms with van der Waals surface area (Å²) in [6.45, 7) is 0.332. The van der Waals surface area contributed by atoms with Crippen molar-refractivity contribution in [2.24, 2.45) is 0 Å². The number of allylic oxidation sites excluding steroid dienone is 1. The maximum Gasteiger partial charge on any atom is 0.220 e. The molecule has 30 nitrogen and oxygen atoms in total. The van der Waals surface area contributed by atoms with E-state index in [2.05, 4.69) is 24.5 Å². The van der Waals surface area contributed by atoms with Crippen LogP contribution in [0.3, 0.4) is 0 Å². The first kappa shape index (κ1) is 94.2. The molecular weight excluding hydrogens is 1390 g/mol. The van der Waals surface area contributed by atoms with E-state index >= 15 is 0 Å². The number of nitrogens with one attached hydrogen (secondary N) is 2. The van der Waals surface area contributed by atoms with Gasteiger partial charge in [0.05, 0.1) is 51.8 Å². The lowest BCUT2D eigenvalue weighted by atomic mass is 9.94. The molecule has 0 aromatic heterocycles. The molecule has 622 valence electrons. The van der Waals surface area contributed by atoms with Crippen LogP contribution in [0.15, 0.2) is 12.2 Å². The lowest BCUT2D eigenvalue weighted by molar-refractivity contribution is -0.390. The third-order valence-electron chi connectivity index (χ3n) is 21.2. The fraction of sp³-hybridized carbons (Fsp3) is 0.947. The summed E-state index contributed by atoms with van der Waals surface area (Å²) in [6.07, 6.45) is -0.699. The van der Waals surface area contributed by atoms with Gasteiger partial charge in [-0.25, -0.2) is 0 Å². The summed E-state index contributed by atoms with van der Waals surface area (Å²) in [5.41, 5.74) is 0. The third kappa shape index (κ3) is 31.5. The molecule has 0 bridgehead atoms. The number of carbonyl (C=O) groups excluding carboxylic acids is 2. The number of amides is 2. The highest BCUT2D eigenvalue weighted by Crippen LogP contribution is 2.37. The zero-order valence-corrected chi connectivity index (χ0v) is 63.5. The largest absolute Gasteiger partial charge is 0.394 e. The van der Waals surface area contributed by atoms with Gasteiger partial charge in [-0.3, -0.25) is 9.59 Å². The van der Waals surface area contributed by atoms with Crippen LogP contribution in [-0.4, -0.2) is 299 Å². The van der Waals surface area contributed by atoms with Crippen LogP contribution in [0.4, 0.5) is 0 Å². The van der Waals surface area contributed by atoms with Crippen LogP contribution in [0, 0.1) is 0 Å². The fourth-order valence-electron chi connectivity index (χ4n) is 14.6. The van der Waals surface area contributed by atoms with Crippen LogP contribution in [0.2, 0.25) is 0 Å². The highest BCUT2D eigenvalue weighted by Gasteiger charge is 2.57. The molecule has 30 heteroatoms. The van der Waals surface area contributed by atoms with Crippen LogP contribution in [0.1, 0.15) is 252 Å². The Kier molecular flexibility index (Phi) is 47.7. The van der Waals surface area contributed by atoms with Crippen molar-refractivity contribution < 1.29 is 139 Å². The van der Waals surface area contributed by atoms with E-state index in [4.69, 9.17) is 47.4 Å². The van der Waals surface area contributed by atoms with E-state index in [-0.39, 0.29) is 12.3 Å². The lowest BCUT2D eigenvalue weighted by Gasteiger charge is -2.50. The molecule has 5 rings (SSSR count). The second-order valence-electron chi connectivity index (χ2n) is 29.9. The summed E-state index contributed by atoms with van der Waals surface area (Å²) in [5.74, 6) is -1.14. The Hall–Kier alpha value is -2.36. The van der Waals surface area contributed by atoms with E-state index in [0.717, 1.165) is 58.3 Å². The van der Waals surface area contributed by atoms with Crippen LogP contribution >= 0.6 is 0 Å². The van der Waals surface area contributed by atoms with Crippen LogP contribution < -0.4 is 10.6 Å². The maximum atomic E-state index is 13.6. The summed E-state index contributed by atoms with van der Waals surface area (Å²) >= 11 is 0. The predicted octanol–water partition coefficient (Wildman–Crippen LogP) is 2.73. The van der Waals surface area contributed by atoms with Gasteiger partial charge in [-0.05, 0) is 19.3 Å². The first-order valence-corrected chi connectivity index (χ1v) is 40.5. The minimum absolute atomic E-state index is 0.191. The normalized spacial score (nSPS) is 34.3. The van der Waals surface area contributed by atoms with Gasteiger partial charge in [0, 0.05) is 13.3 Å². The van der Waals surface area contributed by atoms with E-state index in [1.54, 1.807) is 6.08 Å². The molecule has 5 aliphatic rings. The van der Waals surface area contributed by atoms with E-state index in [9.17, 15) is 91.3 Å². The van der Waals surface area contributed by atoms with E-state index in [1.807, 2.05) is 6.08 Å². The lowest BCUT2D eigenvalue weighted by Crippen LogP contribution is -2.70. The second-order valence-corrected chi connectivity index (χ2v) is 29.9. The quantitative estimate of drug-likeness (QED) is 0.0307. The summed E-state index contributed by atoms with van der Waals surface area (Å²) < 4.78 is 58.6. The monoisotopic (exact) mass is 1530 g/mol. The van der Waals surface area contributed by atoms with Gasteiger partial charge < -0.3 is 140 Å². The molecule has 5 saturated heterocycles. The van der Waals surface area contributed by atoms with Crippen molar-refractivity contribution in [2.75, 3.05) is 39.6 Å². The number of hydrogen-bond acceptors (Lipinski definition) is 28. The van der Waals surface area contributed by atoms with E-state index < -0.39 is 211 Å². The molecule has 0 spiro atoms. The van der Waals surface area contributed by atoms with E-state index in [1.165, 1.54) is 161 Å². The number of aliphatic hydroxyl groups excluding tert-OH is 16. The van der Waals surface area contributed by atoms with Gasteiger partial charge in [-0.2, -0.15) is 0 Å². The summed E-state index contributed by atoms with van der Waals surface area (Å²) in [4.78, 5) is 26.3. The molecule has 27 atom stereocenters. The minimum Gasteiger partial charge on any atom is -0.394 e. The fourth-order valence-corrected chi connectivity index (χ4v) is 14.6. The van der Waals surface area contributed by atoms with Crippen LogP contribution in [0.5, 0.6) is 0 Å². The topological polar surface area (TPSA) is 474 Å². The van der Waals surface area contributed by atoms with Crippen molar-refractivity contribution in [3.05, 3.63) is 12.2 Å². The van der Waals surface area contributed by atoms with Crippen molar-refractivity contribution in [1.29, 1.82) is 0 Å². The minimum atomic E-state index is -2.23. The van der Waals surface area contributed by atoms with Gasteiger partial charge in [-0.1, -0.05) is 231 Å². The standard InChI is InChI=1S/C76H140N2O28/c1-4-6-8-10-12-14-16-18-19-20-21-22-23-24-25-26-27-29-31-33-35-37-39-41-56(86)78-49(50(85)40-38-36-34-32-30-28-17-15-13-11-9-7-5-2)47-97-73-65(94)63(92)68(55(46-83)102-73)103-75-67(96)71(61(90)54(45-82)100-75)106-76-66(95)70(60(89)53(44-81)101-76)105-72-57(77-48(3)84)69(59(88)52(43-80)98-72)104-74-64(93)62(91)58(87)51(42-79)99-74/h38,40,49-55,57-76,79-83,85,87-96H,4-37,39,41-47H2,1-3H3,(H,77,84)(H,78,86)/b40-38+/t49-,50+,51?,52?,53?,54?,55?,57?,58-,59-,60-,61-,62-,63+,64?,65?,66?,67?,68+,69+,70-,71-,72-,73+,74-,75-,76+/m0/s1. The average molecular weight is 1530 g/mol. The zero-order chi connectivity index (χ0) is 77.3. The van der Waals surface area contributed by atoms with Crippen molar-refractivity contribution in [1.82, 2.24) is 10.6 Å². The van der Waals surface area contributed by atoms with Crippen molar-refractivity contribution in [3.8, 4) is 0 Å². The smallest absolute Gasteiger partial charge is 0.220 e. The summed E-state index contributed by atoms with van der Waals surface area (Å²) in [5, 5.41) is 182. The van der Waals surface area contributed by atoms with E-state index in [0.29, 0.717) is 12.8 Å². The van der Waals surface area contributed by atoms with Crippen LogP contribution in [0.25, 0.3) is 0 Å². The number of carbonyl (C=O) groups is 2. The zero-order valence-electron chi connectivity index (χ0n) is 63.5. The van der Waals surface area contributed by atoms with Crippen molar-refractivity contribution in [3.63, 3.8) is 0 Å². The Morgan fingerprint density at radius 2 is 0.698 bits per heavy atom. The highest BCUT2D eigenvalue weighted by molar-refractivity contribution is 5.76. The number of aliphatic hydroxyl groups is 16. The molecular formula is C76H140N2O28. The molecule has 10 unspecified atom stereocenters. The molecule has 0 aliphatic carbocycles. The van der Waals surface area contributed by atoms with Gasteiger partial charge in [-0.15, -0.1) is 0 Å². The number of rotatable bonds is 56. The average Bonchev–Trinajstić information content (AvgIpc) is 0.773. The molecule has 18 N–H and O–H groups in total. The first-order valence-electron chi connectivity index (χ1n) is 40.5. The highest BCUT2D eigenvalue weighted by atomic mass is 16.8. The van der Waals surface area contributed by atoms with Crippen molar-refractivity contribution in [2.45, 2.75) is 418 Å². The SMILES string of the molecule is CCCCCCCCCCCCC/C=C/[C@@H](O)[C@H](CO[C@@H]1OC(CO)[C@@H](O[C@@H]2OC(CO)[C@H](O)[C@H](O[C@H]3OC(CO)[C@H](O)[C@H](O[C@@H]4OC(CO)[C@H](O)[C@H](O[C@@H]5OC(CO)[C@H](O)[C@H](O)C5O)C4NC(C)=O)C3O)C2O)[C@H](O)C1O)NC(=O)CCCCCCCCCCCCCCCCCCCCCCCCC. The summed E-state index contributed by atoms with van der Waals surface area (Å²) in [7, 11) is 0.